The van der Waals surface area contributed by atoms with Gasteiger partial charge in [0.05, 0.1) is 106 Å². The minimum Gasteiger partial charge on any atom is -0.487 e. The molecule has 13 nitrogen and oxygen atoms in total. The molecule has 0 saturated heterocycles. The first-order chi connectivity index (χ1) is 21.8. The topological polar surface area (TPSA) is 120 Å². The standard InChI is InChI=1S/C31H56O13/c1-5-6-41-27-28-25-29(42-22-19-38-16-13-35-10-7-32-2)31(44-24-21-40-18-15-37-12-9-34-4)30(26-28)43-23-20-39-17-14-36-11-8-33-3/h25-26H,5-24,27H2,1-4H3. The Bertz CT molecular complexity index is 710. The van der Waals surface area contributed by atoms with Gasteiger partial charge in [-0.3, -0.25) is 0 Å². The molecule has 258 valence electrons. The first-order valence-corrected chi connectivity index (χ1v) is 15.3. The Morgan fingerprint density at radius 1 is 0.386 bits per heavy atom. The largest absolute Gasteiger partial charge is 0.487 e. The summed E-state index contributed by atoms with van der Waals surface area (Å²) in [5.74, 6) is 1.55. The van der Waals surface area contributed by atoms with Crippen LogP contribution in [0.15, 0.2) is 12.1 Å². The Morgan fingerprint density at radius 3 is 1.09 bits per heavy atom. The molecule has 0 aliphatic heterocycles. The van der Waals surface area contributed by atoms with Gasteiger partial charge in [0.1, 0.15) is 19.8 Å². The third-order valence-corrected chi connectivity index (χ3v) is 5.55. The van der Waals surface area contributed by atoms with Crippen LogP contribution in [-0.2, 0) is 54.0 Å². The number of benzene rings is 1. The molecule has 0 bridgehead atoms. The Labute approximate surface area is 263 Å². The summed E-state index contributed by atoms with van der Waals surface area (Å²) >= 11 is 0. The quantitative estimate of drug-likeness (QED) is 0.103. The fraction of sp³-hybridized carbons (Fsp3) is 0.806. The highest BCUT2D eigenvalue weighted by Crippen LogP contribution is 2.39. The zero-order chi connectivity index (χ0) is 31.8. The van der Waals surface area contributed by atoms with Gasteiger partial charge >= 0.3 is 0 Å². The molecule has 0 fully saturated rings. The number of hydrogen-bond donors (Lipinski definition) is 0. The highest BCUT2D eigenvalue weighted by Gasteiger charge is 2.16. The van der Waals surface area contributed by atoms with Crippen molar-refractivity contribution in [2.24, 2.45) is 0 Å². The van der Waals surface area contributed by atoms with Gasteiger partial charge in [-0.2, -0.15) is 0 Å². The lowest BCUT2D eigenvalue weighted by Crippen LogP contribution is -2.15. The van der Waals surface area contributed by atoms with Gasteiger partial charge in [-0.25, -0.2) is 0 Å². The van der Waals surface area contributed by atoms with Crippen molar-refractivity contribution in [2.75, 3.05) is 147 Å². The summed E-state index contributed by atoms with van der Waals surface area (Å²) in [4.78, 5) is 0. The van der Waals surface area contributed by atoms with Crippen LogP contribution < -0.4 is 14.2 Å². The van der Waals surface area contributed by atoms with E-state index in [1.54, 1.807) is 21.3 Å². The minimum atomic E-state index is 0.293. The SMILES string of the molecule is CCCOCc1cc(OCCOCCOCCOC)c(OCCOCCOCCOC)c(OCCOCCOCCOC)c1. The van der Waals surface area contributed by atoms with Gasteiger partial charge < -0.3 is 61.6 Å². The third kappa shape index (κ3) is 22.7. The molecule has 1 aromatic carbocycles. The van der Waals surface area contributed by atoms with Crippen LogP contribution in [-0.4, -0.2) is 147 Å². The summed E-state index contributed by atoms with van der Waals surface area (Å²) in [6.45, 7) is 11.2. The van der Waals surface area contributed by atoms with Crippen molar-refractivity contribution in [2.45, 2.75) is 20.0 Å². The Kier molecular flexibility index (Phi) is 28.5. The molecule has 0 amide bonds. The highest BCUT2D eigenvalue weighted by atomic mass is 16.6. The van der Waals surface area contributed by atoms with Crippen LogP contribution in [0.1, 0.15) is 18.9 Å². The van der Waals surface area contributed by atoms with E-state index >= 15 is 0 Å². The first kappa shape index (κ1) is 40.2. The Morgan fingerprint density at radius 2 is 0.727 bits per heavy atom. The minimum absolute atomic E-state index is 0.293. The van der Waals surface area contributed by atoms with Gasteiger partial charge in [0, 0.05) is 27.9 Å². The smallest absolute Gasteiger partial charge is 0.203 e. The summed E-state index contributed by atoms with van der Waals surface area (Å²) in [5.41, 5.74) is 0.903. The van der Waals surface area contributed by atoms with Gasteiger partial charge in [-0.05, 0) is 24.1 Å². The van der Waals surface area contributed by atoms with Crippen molar-refractivity contribution in [1.29, 1.82) is 0 Å². The second kappa shape index (κ2) is 31.2. The number of hydrogen-bond acceptors (Lipinski definition) is 13. The molecular weight excluding hydrogens is 580 g/mol. The van der Waals surface area contributed by atoms with Gasteiger partial charge in [-0.15, -0.1) is 0 Å². The van der Waals surface area contributed by atoms with Gasteiger partial charge in [0.25, 0.3) is 0 Å². The molecule has 0 saturated carbocycles. The normalized spacial score (nSPS) is 11.3. The fourth-order valence-electron chi connectivity index (χ4n) is 3.42. The number of ether oxygens (including phenoxy) is 13. The molecule has 0 aliphatic carbocycles. The molecular formula is C31H56O13. The van der Waals surface area contributed by atoms with E-state index in [-0.39, 0.29) is 0 Å². The molecule has 0 aliphatic rings. The summed E-state index contributed by atoms with van der Waals surface area (Å²) in [6, 6.07) is 3.81. The van der Waals surface area contributed by atoms with E-state index in [9.17, 15) is 0 Å². The fourth-order valence-corrected chi connectivity index (χ4v) is 3.42. The van der Waals surface area contributed by atoms with Crippen LogP contribution in [0, 0.1) is 0 Å². The average molecular weight is 637 g/mol. The van der Waals surface area contributed by atoms with E-state index in [0.717, 1.165) is 12.0 Å². The molecule has 0 N–H and O–H groups in total. The molecule has 0 radical (unpaired) electrons. The maximum Gasteiger partial charge on any atom is 0.203 e. The molecule has 0 unspecified atom stereocenters. The van der Waals surface area contributed by atoms with Crippen LogP contribution in [0.2, 0.25) is 0 Å². The van der Waals surface area contributed by atoms with E-state index in [1.807, 2.05) is 12.1 Å². The van der Waals surface area contributed by atoms with Gasteiger partial charge in [0.15, 0.2) is 11.5 Å². The van der Waals surface area contributed by atoms with Crippen LogP contribution >= 0.6 is 0 Å². The maximum atomic E-state index is 6.14. The van der Waals surface area contributed by atoms with Crippen LogP contribution in [0.4, 0.5) is 0 Å². The second-order valence-corrected chi connectivity index (χ2v) is 9.17. The van der Waals surface area contributed by atoms with Crippen LogP contribution in [0.25, 0.3) is 0 Å². The maximum absolute atomic E-state index is 6.14. The van der Waals surface area contributed by atoms with Crippen molar-refractivity contribution in [1.82, 2.24) is 0 Å². The van der Waals surface area contributed by atoms with Crippen LogP contribution in [0.5, 0.6) is 17.2 Å². The molecule has 0 atom stereocenters. The van der Waals surface area contributed by atoms with E-state index in [2.05, 4.69) is 6.92 Å². The molecule has 0 spiro atoms. The lowest BCUT2D eigenvalue weighted by Gasteiger charge is -2.19. The molecule has 0 aromatic heterocycles. The summed E-state index contributed by atoms with van der Waals surface area (Å²) in [5, 5.41) is 0. The Balaban J connectivity index is 2.75. The van der Waals surface area contributed by atoms with E-state index < -0.39 is 0 Å². The number of methoxy groups -OCH3 is 3. The molecule has 0 heterocycles. The van der Waals surface area contributed by atoms with Gasteiger partial charge in [-0.1, -0.05) is 6.92 Å². The third-order valence-electron chi connectivity index (χ3n) is 5.55. The predicted octanol–water partition coefficient (Wildman–Crippen LogP) is 2.79. The zero-order valence-corrected chi connectivity index (χ0v) is 27.3. The van der Waals surface area contributed by atoms with E-state index in [4.69, 9.17) is 61.6 Å². The van der Waals surface area contributed by atoms with E-state index in [1.165, 1.54) is 0 Å². The predicted molar refractivity (Wildman–Crippen MR) is 163 cm³/mol. The monoisotopic (exact) mass is 636 g/mol. The van der Waals surface area contributed by atoms with Crippen molar-refractivity contribution >= 4 is 0 Å². The lowest BCUT2D eigenvalue weighted by atomic mass is 10.2. The van der Waals surface area contributed by atoms with Crippen molar-refractivity contribution in [3.05, 3.63) is 17.7 Å². The second-order valence-electron chi connectivity index (χ2n) is 9.17. The van der Waals surface area contributed by atoms with Crippen molar-refractivity contribution in [3.63, 3.8) is 0 Å². The summed E-state index contributed by atoms with van der Waals surface area (Å²) in [6.07, 6.45) is 0.921. The number of rotatable bonds is 34. The molecule has 44 heavy (non-hydrogen) atoms. The molecule has 1 rings (SSSR count). The lowest BCUT2D eigenvalue weighted by molar-refractivity contribution is 0.0146. The average Bonchev–Trinajstić information content (AvgIpc) is 3.03. The van der Waals surface area contributed by atoms with E-state index in [0.29, 0.717) is 149 Å². The van der Waals surface area contributed by atoms with Crippen molar-refractivity contribution in [3.8, 4) is 17.2 Å². The highest BCUT2D eigenvalue weighted by molar-refractivity contribution is 5.54. The zero-order valence-electron chi connectivity index (χ0n) is 27.3. The summed E-state index contributed by atoms with van der Waals surface area (Å²) in [7, 11) is 4.92. The van der Waals surface area contributed by atoms with Crippen LogP contribution in [0.3, 0.4) is 0 Å². The molecule has 13 heteroatoms. The van der Waals surface area contributed by atoms with Gasteiger partial charge in [0.2, 0.25) is 5.75 Å². The molecule has 1 aromatic rings. The van der Waals surface area contributed by atoms with Crippen molar-refractivity contribution < 1.29 is 61.6 Å². The Hall–Kier alpha value is -1.78. The first-order valence-electron chi connectivity index (χ1n) is 15.3. The summed E-state index contributed by atoms with van der Waals surface area (Å²) < 4.78 is 72.3.